The standard InChI is InChI=1S/C28H52N4O6/c1-9-11-12-13-14-15-17-21(30-26(36)37-27(3,4)5)25(35)32-19-16-18-22(32)24(34)29-20(10-2)23(33)31-38-28(6,7)8/h20-22H,9-19H2,1-8H3,(H,29,34)(H,30,36)(H,31,33)/t20-,21-,22-/m0/s1. The van der Waals surface area contributed by atoms with E-state index in [1.54, 1.807) is 27.7 Å². The SMILES string of the molecule is CCCCCCCC[C@H](NC(=O)OC(C)(C)C)C(=O)N1CCC[C@H]1C(=O)N[C@@H](CC)C(=O)NOC(C)(C)C. The first kappa shape index (κ1) is 33.7. The minimum atomic E-state index is -0.791. The second kappa shape index (κ2) is 15.9. The number of ether oxygens (including phenoxy) is 1. The highest BCUT2D eigenvalue weighted by atomic mass is 16.7. The van der Waals surface area contributed by atoms with Crippen LogP contribution in [0.3, 0.4) is 0 Å². The summed E-state index contributed by atoms with van der Waals surface area (Å²) >= 11 is 0. The van der Waals surface area contributed by atoms with E-state index < -0.39 is 41.3 Å². The molecule has 1 rings (SSSR count). The summed E-state index contributed by atoms with van der Waals surface area (Å²) in [6, 6.07) is -2.28. The fourth-order valence-corrected chi connectivity index (χ4v) is 4.23. The zero-order chi connectivity index (χ0) is 28.9. The monoisotopic (exact) mass is 540 g/mol. The number of amides is 4. The van der Waals surface area contributed by atoms with Crippen LogP contribution in [0.4, 0.5) is 4.79 Å². The van der Waals surface area contributed by atoms with Gasteiger partial charge in [-0.05, 0) is 67.2 Å². The minimum absolute atomic E-state index is 0.296. The predicted octanol–water partition coefficient (Wildman–Crippen LogP) is 4.36. The van der Waals surface area contributed by atoms with E-state index in [-0.39, 0.29) is 11.8 Å². The van der Waals surface area contributed by atoms with Gasteiger partial charge in [0.05, 0.1) is 5.60 Å². The van der Waals surface area contributed by atoms with Crippen molar-refractivity contribution in [1.82, 2.24) is 21.0 Å². The summed E-state index contributed by atoms with van der Waals surface area (Å²) in [5.74, 6) is -1.13. The van der Waals surface area contributed by atoms with E-state index >= 15 is 0 Å². The summed E-state index contributed by atoms with van der Waals surface area (Å²) in [6.45, 7) is 15.1. The van der Waals surface area contributed by atoms with Crippen molar-refractivity contribution in [3.8, 4) is 0 Å². The molecule has 1 aliphatic rings. The van der Waals surface area contributed by atoms with Gasteiger partial charge in [-0.2, -0.15) is 0 Å². The number of hydrogen-bond donors (Lipinski definition) is 3. The summed E-state index contributed by atoms with van der Waals surface area (Å²) in [6.07, 6.45) is 7.66. The number of likely N-dealkylation sites (tertiary alicyclic amines) is 1. The maximum Gasteiger partial charge on any atom is 0.408 e. The van der Waals surface area contributed by atoms with Crippen LogP contribution in [-0.2, 0) is 24.0 Å². The first-order valence-corrected chi connectivity index (χ1v) is 14.3. The molecule has 3 atom stereocenters. The van der Waals surface area contributed by atoms with Crippen LogP contribution < -0.4 is 16.1 Å². The second-order valence-corrected chi connectivity index (χ2v) is 12.1. The third-order valence-corrected chi connectivity index (χ3v) is 6.17. The van der Waals surface area contributed by atoms with Crippen LogP contribution >= 0.6 is 0 Å². The third-order valence-electron chi connectivity index (χ3n) is 6.17. The van der Waals surface area contributed by atoms with Gasteiger partial charge in [-0.3, -0.25) is 19.2 Å². The van der Waals surface area contributed by atoms with Crippen molar-refractivity contribution < 1.29 is 28.8 Å². The van der Waals surface area contributed by atoms with Gasteiger partial charge in [0, 0.05) is 6.54 Å². The van der Waals surface area contributed by atoms with Crippen LogP contribution in [0.25, 0.3) is 0 Å². The van der Waals surface area contributed by atoms with Gasteiger partial charge in [-0.25, -0.2) is 10.3 Å². The van der Waals surface area contributed by atoms with E-state index in [1.165, 1.54) is 11.3 Å². The molecule has 0 aromatic carbocycles. The third kappa shape index (κ3) is 12.9. The summed E-state index contributed by atoms with van der Waals surface area (Å²) in [5, 5.41) is 5.52. The van der Waals surface area contributed by atoms with Crippen molar-refractivity contribution in [3.05, 3.63) is 0 Å². The molecule has 220 valence electrons. The molecule has 0 radical (unpaired) electrons. The summed E-state index contributed by atoms with van der Waals surface area (Å²) in [4.78, 5) is 58.8. The lowest BCUT2D eigenvalue weighted by atomic mass is 10.0. The molecule has 0 saturated carbocycles. The quantitative estimate of drug-likeness (QED) is 0.222. The molecule has 0 aromatic rings. The number of carbonyl (C=O) groups is 4. The minimum Gasteiger partial charge on any atom is -0.444 e. The molecule has 10 nitrogen and oxygen atoms in total. The van der Waals surface area contributed by atoms with Crippen molar-refractivity contribution in [2.24, 2.45) is 0 Å². The fourth-order valence-electron chi connectivity index (χ4n) is 4.23. The number of hydrogen-bond acceptors (Lipinski definition) is 6. The van der Waals surface area contributed by atoms with Crippen LogP contribution in [0.15, 0.2) is 0 Å². The Kier molecular flexibility index (Phi) is 14.1. The molecule has 0 bridgehead atoms. The highest BCUT2D eigenvalue weighted by Crippen LogP contribution is 2.21. The van der Waals surface area contributed by atoms with Gasteiger partial charge in [-0.15, -0.1) is 0 Å². The predicted molar refractivity (Wildman–Crippen MR) is 147 cm³/mol. The summed E-state index contributed by atoms with van der Waals surface area (Å²) in [5.41, 5.74) is 1.14. The van der Waals surface area contributed by atoms with Gasteiger partial charge in [0.25, 0.3) is 5.91 Å². The Hall–Kier alpha value is -2.36. The van der Waals surface area contributed by atoms with E-state index in [1.807, 2.05) is 20.8 Å². The van der Waals surface area contributed by atoms with Gasteiger partial charge in [0.1, 0.15) is 23.7 Å². The normalized spacial score (nSPS) is 17.5. The van der Waals surface area contributed by atoms with Crippen molar-refractivity contribution in [1.29, 1.82) is 0 Å². The Morgan fingerprint density at radius 2 is 1.50 bits per heavy atom. The Morgan fingerprint density at radius 1 is 0.868 bits per heavy atom. The maximum atomic E-state index is 13.6. The van der Waals surface area contributed by atoms with Gasteiger partial charge < -0.3 is 20.3 Å². The highest BCUT2D eigenvalue weighted by Gasteiger charge is 2.39. The second-order valence-electron chi connectivity index (χ2n) is 12.1. The summed E-state index contributed by atoms with van der Waals surface area (Å²) < 4.78 is 5.40. The molecule has 1 fully saturated rings. The molecule has 0 spiro atoms. The molecule has 10 heteroatoms. The zero-order valence-corrected chi connectivity index (χ0v) is 24.9. The summed E-state index contributed by atoms with van der Waals surface area (Å²) in [7, 11) is 0. The molecule has 1 aliphatic heterocycles. The van der Waals surface area contributed by atoms with Crippen molar-refractivity contribution >= 4 is 23.8 Å². The molecular weight excluding hydrogens is 488 g/mol. The number of nitrogens with zero attached hydrogens (tertiary/aromatic N) is 1. The van der Waals surface area contributed by atoms with Crippen molar-refractivity contribution in [3.63, 3.8) is 0 Å². The molecule has 3 N–H and O–H groups in total. The highest BCUT2D eigenvalue weighted by molar-refractivity contribution is 5.94. The van der Waals surface area contributed by atoms with Gasteiger partial charge in [-0.1, -0.05) is 52.4 Å². The Balaban J connectivity index is 2.88. The van der Waals surface area contributed by atoms with Crippen molar-refractivity contribution in [2.75, 3.05) is 6.54 Å². The van der Waals surface area contributed by atoms with Gasteiger partial charge in [0.2, 0.25) is 11.8 Å². The fraction of sp³-hybridized carbons (Fsp3) is 0.857. The molecule has 38 heavy (non-hydrogen) atoms. The molecule has 0 aliphatic carbocycles. The number of rotatable bonds is 14. The maximum absolute atomic E-state index is 13.6. The van der Waals surface area contributed by atoms with E-state index in [0.29, 0.717) is 32.2 Å². The Morgan fingerprint density at radius 3 is 2.08 bits per heavy atom. The Bertz CT molecular complexity index is 774. The van der Waals surface area contributed by atoms with Crippen LogP contribution in [0, 0.1) is 0 Å². The average molecular weight is 541 g/mol. The lowest BCUT2D eigenvalue weighted by molar-refractivity contribution is -0.149. The molecule has 0 aromatic heterocycles. The van der Waals surface area contributed by atoms with Crippen molar-refractivity contribution in [2.45, 2.75) is 149 Å². The topological polar surface area (TPSA) is 126 Å². The van der Waals surface area contributed by atoms with Gasteiger partial charge >= 0.3 is 6.09 Å². The average Bonchev–Trinajstić information content (AvgIpc) is 3.30. The van der Waals surface area contributed by atoms with E-state index in [9.17, 15) is 19.2 Å². The van der Waals surface area contributed by atoms with E-state index in [2.05, 4.69) is 23.0 Å². The van der Waals surface area contributed by atoms with Crippen LogP contribution in [0.1, 0.15) is 120 Å². The lowest BCUT2D eigenvalue weighted by Gasteiger charge is -2.30. The van der Waals surface area contributed by atoms with E-state index in [0.717, 1.165) is 32.1 Å². The number of alkyl carbamates (subject to hydrolysis) is 1. The molecular formula is C28H52N4O6. The number of nitrogens with one attached hydrogen (secondary N) is 3. The van der Waals surface area contributed by atoms with E-state index in [4.69, 9.17) is 9.57 Å². The molecule has 1 saturated heterocycles. The number of carbonyl (C=O) groups excluding carboxylic acids is 4. The number of hydroxylamine groups is 1. The van der Waals surface area contributed by atoms with Crippen LogP contribution in [0.2, 0.25) is 0 Å². The zero-order valence-electron chi connectivity index (χ0n) is 24.9. The Labute approximate surface area is 229 Å². The lowest BCUT2D eigenvalue weighted by Crippen LogP contribution is -2.56. The first-order chi connectivity index (χ1) is 17.7. The number of unbranched alkanes of at least 4 members (excludes halogenated alkanes) is 5. The molecule has 4 amide bonds. The van der Waals surface area contributed by atoms with Crippen LogP contribution in [0.5, 0.6) is 0 Å². The molecule has 1 heterocycles. The largest absolute Gasteiger partial charge is 0.444 e. The first-order valence-electron chi connectivity index (χ1n) is 14.3. The smallest absolute Gasteiger partial charge is 0.408 e. The van der Waals surface area contributed by atoms with Gasteiger partial charge in [0.15, 0.2) is 0 Å². The van der Waals surface area contributed by atoms with Crippen LogP contribution in [-0.4, -0.2) is 64.6 Å². The molecule has 0 unspecified atom stereocenters.